The molecule has 0 aromatic heterocycles. The molecule has 0 aromatic carbocycles. The Kier molecular flexibility index (Phi) is 4.20. The molecule has 1 aliphatic rings. The number of hydrogen-bond acceptors (Lipinski definition) is 3. The van der Waals surface area contributed by atoms with E-state index in [1.165, 1.54) is 6.92 Å². The van der Waals surface area contributed by atoms with Crippen LogP contribution in [0.2, 0.25) is 0 Å². The molecule has 104 valence electrons. The Morgan fingerprint density at radius 3 is 2.56 bits per heavy atom. The number of carboxylic acid groups (broad SMARTS) is 1. The number of halogens is 3. The van der Waals surface area contributed by atoms with Gasteiger partial charge in [-0.3, -0.25) is 4.79 Å². The molecule has 1 unspecified atom stereocenters. The molecule has 0 radical (unpaired) electrons. The summed E-state index contributed by atoms with van der Waals surface area (Å²) >= 11 is 0. The number of carbonyl (C=O) groups excluding carboxylic acids is 1. The van der Waals surface area contributed by atoms with Gasteiger partial charge < -0.3 is 15.3 Å². The van der Waals surface area contributed by atoms with Crippen molar-refractivity contribution in [1.82, 2.24) is 10.2 Å². The zero-order valence-corrected chi connectivity index (χ0v) is 9.88. The van der Waals surface area contributed by atoms with Crippen molar-refractivity contribution in [3.63, 3.8) is 0 Å². The van der Waals surface area contributed by atoms with Gasteiger partial charge in [0.1, 0.15) is 5.54 Å². The van der Waals surface area contributed by atoms with Gasteiger partial charge in [-0.05, 0) is 19.8 Å². The van der Waals surface area contributed by atoms with Crippen LogP contribution >= 0.6 is 0 Å². The van der Waals surface area contributed by atoms with E-state index in [0.29, 0.717) is 12.8 Å². The normalized spacial score (nSPS) is 24.3. The zero-order chi connectivity index (χ0) is 14.0. The van der Waals surface area contributed by atoms with Crippen molar-refractivity contribution < 1.29 is 27.9 Å². The van der Waals surface area contributed by atoms with Crippen molar-refractivity contribution in [1.29, 1.82) is 0 Å². The summed E-state index contributed by atoms with van der Waals surface area (Å²) in [6, 6.07) is 0. The fraction of sp³-hybridized carbons (Fsp3) is 0.800. The molecule has 8 heteroatoms. The fourth-order valence-electron chi connectivity index (χ4n) is 1.99. The maximum atomic E-state index is 11.9. The predicted octanol–water partition coefficient (Wildman–Crippen LogP) is 0.604. The minimum Gasteiger partial charge on any atom is -0.480 e. The third-order valence-corrected chi connectivity index (χ3v) is 3.00. The summed E-state index contributed by atoms with van der Waals surface area (Å²) in [5.41, 5.74) is -1.31. The summed E-state index contributed by atoms with van der Waals surface area (Å²) in [7, 11) is 0. The highest BCUT2D eigenvalue weighted by molar-refractivity contribution is 5.88. The molecule has 1 amide bonds. The molecule has 5 nitrogen and oxygen atoms in total. The largest absolute Gasteiger partial charge is 0.480 e. The second kappa shape index (κ2) is 5.13. The minimum atomic E-state index is -4.39. The Labute approximate surface area is 102 Å². The van der Waals surface area contributed by atoms with E-state index in [-0.39, 0.29) is 6.54 Å². The summed E-state index contributed by atoms with van der Waals surface area (Å²) in [6.07, 6.45) is -3.54. The zero-order valence-electron chi connectivity index (χ0n) is 9.88. The lowest BCUT2D eigenvalue weighted by atomic mass is 9.99. The SMILES string of the molecule is CC1(C(=O)O)CCCN1C(=O)CNCC(F)(F)F. The number of rotatable bonds is 4. The highest BCUT2D eigenvalue weighted by Gasteiger charge is 2.45. The van der Waals surface area contributed by atoms with Crippen LogP contribution in [-0.4, -0.2) is 53.2 Å². The first-order chi connectivity index (χ1) is 8.17. The monoisotopic (exact) mass is 268 g/mol. The number of likely N-dealkylation sites (tertiary alicyclic amines) is 1. The quantitative estimate of drug-likeness (QED) is 0.783. The van der Waals surface area contributed by atoms with Crippen molar-refractivity contribution in [2.24, 2.45) is 0 Å². The maximum Gasteiger partial charge on any atom is 0.401 e. The van der Waals surface area contributed by atoms with Crippen molar-refractivity contribution in [2.45, 2.75) is 31.5 Å². The third-order valence-electron chi connectivity index (χ3n) is 3.00. The first-order valence-electron chi connectivity index (χ1n) is 5.48. The summed E-state index contributed by atoms with van der Waals surface area (Å²) < 4.78 is 35.6. The minimum absolute atomic E-state index is 0.259. The van der Waals surface area contributed by atoms with E-state index in [0.717, 1.165) is 4.90 Å². The van der Waals surface area contributed by atoms with Crippen molar-refractivity contribution in [3.05, 3.63) is 0 Å². The Morgan fingerprint density at radius 2 is 2.06 bits per heavy atom. The van der Waals surface area contributed by atoms with E-state index in [1.807, 2.05) is 5.32 Å². The fourth-order valence-corrected chi connectivity index (χ4v) is 1.99. The van der Waals surface area contributed by atoms with Gasteiger partial charge in [-0.15, -0.1) is 0 Å². The first-order valence-corrected chi connectivity index (χ1v) is 5.48. The number of nitrogens with one attached hydrogen (secondary N) is 1. The molecule has 0 spiro atoms. The predicted molar refractivity (Wildman–Crippen MR) is 55.9 cm³/mol. The van der Waals surface area contributed by atoms with Gasteiger partial charge in [0.05, 0.1) is 13.1 Å². The molecule has 1 heterocycles. The number of nitrogens with zero attached hydrogens (tertiary/aromatic N) is 1. The molecular weight excluding hydrogens is 253 g/mol. The second-order valence-electron chi connectivity index (χ2n) is 4.45. The third kappa shape index (κ3) is 3.34. The van der Waals surface area contributed by atoms with E-state index >= 15 is 0 Å². The van der Waals surface area contributed by atoms with Gasteiger partial charge >= 0.3 is 12.1 Å². The van der Waals surface area contributed by atoms with Crippen molar-refractivity contribution in [2.75, 3.05) is 19.6 Å². The number of hydrogen-bond donors (Lipinski definition) is 2. The lowest BCUT2D eigenvalue weighted by molar-refractivity contribution is -0.155. The molecule has 1 fully saturated rings. The van der Waals surface area contributed by atoms with Gasteiger partial charge in [-0.25, -0.2) is 4.79 Å². The van der Waals surface area contributed by atoms with Crippen LogP contribution in [0.3, 0.4) is 0 Å². The van der Waals surface area contributed by atoms with Crippen LogP contribution in [0.15, 0.2) is 0 Å². The number of amides is 1. The molecule has 0 bridgehead atoms. The van der Waals surface area contributed by atoms with Gasteiger partial charge in [-0.1, -0.05) is 0 Å². The van der Waals surface area contributed by atoms with E-state index < -0.39 is 36.7 Å². The average Bonchev–Trinajstić information content (AvgIpc) is 2.59. The van der Waals surface area contributed by atoms with Gasteiger partial charge in [0, 0.05) is 6.54 Å². The van der Waals surface area contributed by atoms with E-state index in [2.05, 4.69) is 0 Å². The first kappa shape index (κ1) is 14.7. The van der Waals surface area contributed by atoms with Crippen molar-refractivity contribution in [3.8, 4) is 0 Å². The average molecular weight is 268 g/mol. The molecule has 0 aliphatic carbocycles. The van der Waals surface area contributed by atoms with Crippen LogP contribution in [0.25, 0.3) is 0 Å². The molecule has 1 rings (SSSR count). The van der Waals surface area contributed by atoms with Gasteiger partial charge in [0.15, 0.2) is 0 Å². The number of alkyl halides is 3. The number of aliphatic carboxylic acids is 1. The van der Waals surface area contributed by atoms with Crippen LogP contribution in [0, 0.1) is 0 Å². The van der Waals surface area contributed by atoms with Crippen LogP contribution < -0.4 is 5.32 Å². The van der Waals surface area contributed by atoms with E-state index in [9.17, 15) is 22.8 Å². The molecule has 0 saturated carbocycles. The van der Waals surface area contributed by atoms with Crippen molar-refractivity contribution >= 4 is 11.9 Å². The lowest BCUT2D eigenvalue weighted by Crippen LogP contribution is -2.53. The molecule has 18 heavy (non-hydrogen) atoms. The summed E-state index contributed by atoms with van der Waals surface area (Å²) in [5, 5.41) is 11.0. The maximum absolute atomic E-state index is 11.9. The Bertz CT molecular complexity index is 346. The summed E-state index contributed by atoms with van der Waals surface area (Å²) in [4.78, 5) is 23.9. The summed E-state index contributed by atoms with van der Waals surface area (Å²) in [5.74, 6) is -1.76. The lowest BCUT2D eigenvalue weighted by Gasteiger charge is -2.31. The number of carbonyl (C=O) groups is 2. The van der Waals surface area contributed by atoms with Gasteiger partial charge in [0.2, 0.25) is 5.91 Å². The van der Waals surface area contributed by atoms with E-state index in [4.69, 9.17) is 5.11 Å². The van der Waals surface area contributed by atoms with Crippen LogP contribution in [0.5, 0.6) is 0 Å². The number of carboxylic acids is 1. The molecule has 1 aliphatic heterocycles. The van der Waals surface area contributed by atoms with Gasteiger partial charge in [-0.2, -0.15) is 13.2 Å². The Morgan fingerprint density at radius 1 is 1.44 bits per heavy atom. The standard InChI is InChI=1S/C10H15F3N2O3/c1-9(8(17)18)3-2-4-15(9)7(16)5-14-6-10(11,12)13/h14H,2-6H2,1H3,(H,17,18). The highest BCUT2D eigenvalue weighted by Crippen LogP contribution is 2.29. The smallest absolute Gasteiger partial charge is 0.401 e. The van der Waals surface area contributed by atoms with Crippen LogP contribution in [-0.2, 0) is 9.59 Å². The second-order valence-corrected chi connectivity index (χ2v) is 4.45. The highest BCUT2D eigenvalue weighted by atomic mass is 19.4. The van der Waals surface area contributed by atoms with E-state index in [1.54, 1.807) is 0 Å². The Balaban J connectivity index is 2.54. The summed E-state index contributed by atoms with van der Waals surface area (Å²) in [6.45, 7) is -0.113. The van der Waals surface area contributed by atoms with Gasteiger partial charge in [0.25, 0.3) is 0 Å². The molecule has 1 saturated heterocycles. The molecule has 1 atom stereocenters. The molecule has 0 aromatic rings. The topological polar surface area (TPSA) is 69.6 Å². The molecular formula is C10H15F3N2O3. The Hall–Kier alpha value is -1.31. The van der Waals surface area contributed by atoms with Crippen LogP contribution in [0.4, 0.5) is 13.2 Å². The molecule has 2 N–H and O–H groups in total. The van der Waals surface area contributed by atoms with Crippen LogP contribution in [0.1, 0.15) is 19.8 Å².